The Kier molecular flexibility index (Phi) is 2.91. The summed E-state index contributed by atoms with van der Waals surface area (Å²) in [6, 6.07) is 2.91. The Hall–Kier alpha value is -1.82. The van der Waals surface area contributed by atoms with Crippen molar-refractivity contribution in [2.75, 3.05) is 6.07 Å². The van der Waals surface area contributed by atoms with Crippen molar-refractivity contribution in [2.45, 2.75) is 0 Å². The average molecular weight is 242 g/mol. The third-order valence-corrected chi connectivity index (χ3v) is 2.03. The minimum Gasteiger partial charge on any atom is -0.446 e. The van der Waals surface area contributed by atoms with Gasteiger partial charge in [0.05, 0.1) is 0 Å². The van der Waals surface area contributed by atoms with E-state index in [1.807, 2.05) is 0 Å². The highest BCUT2D eigenvalue weighted by molar-refractivity contribution is 6.17. The van der Waals surface area contributed by atoms with Gasteiger partial charge in [-0.2, -0.15) is 5.10 Å². The van der Waals surface area contributed by atoms with Gasteiger partial charge in [0.2, 0.25) is 5.76 Å². The molecular formula is C9H8ClN3O3. The molecule has 2 rings (SSSR count). The van der Waals surface area contributed by atoms with Crippen molar-refractivity contribution in [1.82, 2.24) is 14.8 Å². The lowest BCUT2D eigenvalue weighted by atomic mass is 10.4. The van der Waals surface area contributed by atoms with Gasteiger partial charge in [0.25, 0.3) is 0 Å². The van der Waals surface area contributed by atoms with Crippen LogP contribution in [0, 0.1) is 0 Å². The fraction of sp³-hybridized carbons (Fsp3) is 0.222. The van der Waals surface area contributed by atoms with Crippen molar-refractivity contribution in [3.8, 4) is 11.6 Å². The second-order valence-corrected chi connectivity index (χ2v) is 3.13. The van der Waals surface area contributed by atoms with E-state index >= 15 is 0 Å². The summed E-state index contributed by atoms with van der Waals surface area (Å²) in [5, 5.41) is 3.89. The second-order valence-electron chi connectivity index (χ2n) is 2.91. The SMILES string of the molecule is Cn1ncnc1-c1ccc(C(=O)OCCl)o1. The maximum Gasteiger partial charge on any atom is 0.375 e. The number of hydrogen-bond donors (Lipinski definition) is 0. The summed E-state index contributed by atoms with van der Waals surface area (Å²) >= 11 is 5.27. The molecule has 0 aromatic carbocycles. The quantitative estimate of drug-likeness (QED) is 0.601. The number of rotatable bonds is 3. The highest BCUT2D eigenvalue weighted by Gasteiger charge is 2.15. The zero-order valence-electron chi connectivity index (χ0n) is 8.38. The molecule has 6 nitrogen and oxygen atoms in total. The Morgan fingerprint density at radius 1 is 1.62 bits per heavy atom. The van der Waals surface area contributed by atoms with Crippen molar-refractivity contribution >= 4 is 17.6 Å². The number of nitrogens with zero attached hydrogens (tertiary/aromatic N) is 3. The first-order valence-corrected chi connectivity index (χ1v) is 4.93. The number of carbonyl (C=O) groups excluding carboxylic acids is 1. The van der Waals surface area contributed by atoms with Gasteiger partial charge in [0.15, 0.2) is 17.7 Å². The van der Waals surface area contributed by atoms with Crippen LogP contribution in [0.3, 0.4) is 0 Å². The molecule has 2 heterocycles. The van der Waals surface area contributed by atoms with Crippen LogP contribution in [0.25, 0.3) is 11.6 Å². The molecule has 0 amide bonds. The van der Waals surface area contributed by atoms with E-state index in [1.54, 1.807) is 13.1 Å². The van der Waals surface area contributed by atoms with Gasteiger partial charge < -0.3 is 9.15 Å². The largest absolute Gasteiger partial charge is 0.446 e. The van der Waals surface area contributed by atoms with Crippen LogP contribution < -0.4 is 0 Å². The number of alkyl halides is 1. The summed E-state index contributed by atoms with van der Waals surface area (Å²) < 4.78 is 11.4. The molecule has 7 heteroatoms. The van der Waals surface area contributed by atoms with Crippen LogP contribution in [-0.2, 0) is 11.8 Å². The first-order valence-electron chi connectivity index (χ1n) is 4.39. The molecule has 16 heavy (non-hydrogen) atoms. The summed E-state index contributed by atoms with van der Waals surface area (Å²) in [7, 11) is 1.72. The van der Waals surface area contributed by atoms with E-state index in [0.717, 1.165) is 0 Å². The predicted octanol–water partition coefficient (Wildman–Crippen LogP) is 1.43. The Bertz CT molecular complexity index is 506. The maximum absolute atomic E-state index is 11.3. The molecule has 2 aromatic rings. The van der Waals surface area contributed by atoms with Gasteiger partial charge in [0, 0.05) is 7.05 Å². The van der Waals surface area contributed by atoms with E-state index in [2.05, 4.69) is 14.8 Å². The zero-order chi connectivity index (χ0) is 11.5. The first kappa shape index (κ1) is 10.7. The van der Waals surface area contributed by atoms with Gasteiger partial charge in [0.1, 0.15) is 6.33 Å². The molecule has 0 bridgehead atoms. The summed E-state index contributed by atoms with van der Waals surface area (Å²) in [6.45, 7) is 0. The van der Waals surface area contributed by atoms with Crippen LogP contribution in [-0.4, -0.2) is 26.8 Å². The van der Waals surface area contributed by atoms with Crippen molar-refractivity contribution in [3.05, 3.63) is 24.2 Å². The molecule has 0 fully saturated rings. The number of aromatic nitrogens is 3. The normalized spacial score (nSPS) is 10.4. The van der Waals surface area contributed by atoms with Gasteiger partial charge in [-0.3, -0.25) is 0 Å². The summed E-state index contributed by atoms with van der Waals surface area (Å²) in [5.41, 5.74) is 0. The highest BCUT2D eigenvalue weighted by Crippen LogP contribution is 2.19. The van der Waals surface area contributed by atoms with Crippen molar-refractivity contribution in [3.63, 3.8) is 0 Å². The lowest BCUT2D eigenvalue weighted by Gasteiger charge is -1.96. The van der Waals surface area contributed by atoms with E-state index in [4.69, 9.17) is 16.0 Å². The molecule has 2 aromatic heterocycles. The summed E-state index contributed by atoms with van der Waals surface area (Å²) in [6.07, 6.45) is 1.40. The van der Waals surface area contributed by atoms with Crippen LogP contribution in [0.4, 0.5) is 0 Å². The van der Waals surface area contributed by atoms with Crippen molar-refractivity contribution in [1.29, 1.82) is 0 Å². The summed E-state index contributed by atoms with van der Waals surface area (Å²) in [5.74, 6) is 0.452. The summed E-state index contributed by atoms with van der Waals surface area (Å²) in [4.78, 5) is 15.3. The fourth-order valence-electron chi connectivity index (χ4n) is 1.21. The molecule has 0 spiro atoms. The number of halogens is 1. The van der Waals surface area contributed by atoms with Gasteiger partial charge in [-0.1, -0.05) is 11.6 Å². The molecule has 0 aliphatic heterocycles. The Morgan fingerprint density at radius 3 is 3.06 bits per heavy atom. The number of hydrogen-bond acceptors (Lipinski definition) is 5. The first-order chi connectivity index (χ1) is 7.72. The molecule has 0 N–H and O–H groups in total. The molecule has 0 saturated carbocycles. The van der Waals surface area contributed by atoms with Gasteiger partial charge in [-0.05, 0) is 12.1 Å². The van der Waals surface area contributed by atoms with Crippen LogP contribution >= 0.6 is 11.6 Å². The number of furan rings is 1. The van der Waals surface area contributed by atoms with Crippen LogP contribution in [0.1, 0.15) is 10.6 Å². The standard InChI is InChI=1S/C9H8ClN3O3/c1-13-8(11-5-12-13)6-2-3-7(16-6)9(14)15-4-10/h2-3,5H,4H2,1H3. The lowest BCUT2D eigenvalue weighted by molar-refractivity contribution is 0.0539. The van der Waals surface area contributed by atoms with Crippen LogP contribution in [0.2, 0.25) is 0 Å². The zero-order valence-corrected chi connectivity index (χ0v) is 9.14. The molecule has 0 atom stereocenters. The van der Waals surface area contributed by atoms with Crippen molar-refractivity contribution < 1.29 is 13.9 Å². The van der Waals surface area contributed by atoms with Gasteiger partial charge >= 0.3 is 5.97 Å². The average Bonchev–Trinajstić information content (AvgIpc) is 2.86. The minimum absolute atomic E-state index is 0.0821. The molecule has 0 unspecified atom stereocenters. The Labute approximate surface area is 95.8 Å². The monoisotopic (exact) mass is 241 g/mol. The third-order valence-electron chi connectivity index (χ3n) is 1.92. The number of ether oxygens (including phenoxy) is 1. The lowest BCUT2D eigenvalue weighted by Crippen LogP contribution is -2.01. The second kappa shape index (κ2) is 4.36. The molecule has 0 aliphatic rings. The van der Waals surface area contributed by atoms with Crippen LogP contribution in [0.5, 0.6) is 0 Å². The number of aryl methyl sites for hydroxylation is 1. The fourth-order valence-corrected chi connectivity index (χ4v) is 1.31. The van der Waals surface area contributed by atoms with E-state index in [0.29, 0.717) is 11.6 Å². The predicted molar refractivity (Wildman–Crippen MR) is 54.8 cm³/mol. The van der Waals surface area contributed by atoms with Crippen LogP contribution in [0.15, 0.2) is 22.9 Å². The Balaban J connectivity index is 2.26. The van der Waals surface area contributed by atoms with E-state index < -0.39 is 5.97 Å². The number of esters is 1. The van der Waals surface area contributed by atoms with Gasteiger partial charge in [-0.15, -0.1) is 0 Å². The number of carbonyl (C=O) groups is 1. The minimum atomic E-state index is -0.608. The molecular weight excluding hydrogens is 234 g/mol. The third kappa shape index (κ3) is 1.92. The van der Waals surface area contributed by atoms with E-state index in [9.17, 15) is 4.79 Å². The molecule has 0 saturated heterocycles. The topological polar surface area (TPSA) is 70.2 Å². The molecule has 0 radical (unpaired) electrons. The molecule has 84 valence electrons. The molecule has 0 aliphatic carbocycles. The van der Waals surface area contributed by atoms with E-state index in [-0.39, 0.29) is 11.8 Å². The Morgan fingerprint density at radius 2 is 2.44 bits per heavy atom. The van der Waals surface area contributed by atoms with E-state index in [1.165, 1.54) is 17.1 Å². The smallest absolute Gasteiger partial charge is 0.375 e. The highest BCUT2D eigenvalue weighted by atomic mass is 35.5. The van der Waals surface area contributed by atoms with Crippen molar-refractivity contribution in [2.24, 2.45) is 7.05 Å². The van der Waals surface area contributed by atoms with Gasteiger partial charge in [-0.25, -0.2) is 14.5 Å². The maximum atomic E-state index is 11.3.